The van der Waals surface area contributed by atoms with E-state index in [1.54, 1.807) is 11.3 Å². The second-order valence-corrected chi connectivity index (χ2v) is 5.57. The monoisotopic (exact) mass is 244 g/mol. The molecule has 2 aromatic rings. The predicted molar refractivity (Wildman–Crippen MR) is 74.3 cm³/mol. The van der Waals surface area contributed by atoms with E-state index in [1.165, 1.54) is 27.6 Å². The van der Waals surface area contributed by atoms with Crippen LogP contribution in [0, 0.1) is 0 Å². The number of aliphatic hydroxyl groups excluding tert-OH is 1. The predicted octanol–water partition coefficient (Wildman–Crippen LogP) is 4.22. The van der Waals surface area contributed by atoms with Crippen molar-refractivity contribution in [3.8, 4) is 0 Å². The van der Waals surface area contributed by atoms with Crippen LogP contribution in [0.25, 0.3) is 15.7 Å². The summed E-state index contributed by atoms with van der Waals surface area (Å²) in [6, 6.07) is 8.62. The standard InChI is InChI=1S/C15H16OS/c16-13-6-2-1-4-12(10-13)14-7-3-5-11-8-9-17-15(11)14/h3,5,7-10,13,16H,1-2,4,6H2. The SMILES string of the molecule is OC1C=C(c2cccc3ccsc23)CCCC1. The molecule has 1 atom stereocenters. The molecule has 0 spiro atoms. The topological polar surface area (TPSA) is 20.2 Å². The summed E-state index contributed by atoms with van der Waals surface area (Å²) in [5.74, 6) is 0. The summed E-state index contributed by atoms with van der Waals surface area (Å²) in [7, 11) is 0. The first-order chi connectivity index (χ1) is 8.34. The maximum atomic E-state index is 9.87. The molecular weight excluding hydrogens is 228 g/mol. The number of aliphatic hydroxyl groups is 1. The van der Waals surface area contributed by atoms with Crippen molar-refractivity contribution >= 4 is 27.0 Å². The Hall–Kier alpha value is -1.12. The van der Waals surface area contributed by atoms with E-state index in [0.29, 0.717) is 0 Å². The largest absolute Gasteiger partial charge is 0.389 e. The van der Waals surface area contributed by atoms with Gasteiger partial charge in [0.25, 0.3) is 0 Å². The van der Waals surface area contributed by atoms with Gasteiger partial charge in [-0.3, -0.25) is 0 Å². The van der Waals surface area contributed by atoms with Gasteiger partial charge >= 0.3 is 0 Å². The van der Waals surface area contributed by atoms with Gasteiger partial charge in [0.1, 0.15) is 0 Å². The van der Waals surface area contributed by atoms with Gasteiger partial charge < -0.3 is 5.11 Å². The minimum absolute atomic E-state index is 0.261. The maximum absolute atomic E-state index is 9.87. The molecule has 0 aliphatic heterocycles. The molecular formula is C15H16OS. The highest BCUT2D eigenvalue weighted by Crippen LogP contribution is 2.33. The summed E-state index contributed by atoms with van der Waals surface area (Å²) in [5.41, 5.74) is 2.64. The molecule has 88 valence electrons. The lowest BCUT2D eigenvalue weighted by molar-refractivity contribution is 0.211. The average molecular weight is 244 g/mol. The van der Waals surface area contributed by atoms with Gasteiger partial charge in [-0.2, -0.15) is 0 Å². The van der Waals surface area contributed by atoms with E-state index < -0.39 is 0 Å². The third-order valence-electron chi connectivity index (χ3n) is 3.41. The normalized spacial score (nSPS) is 21.2. The third-order valence-corrected chi connectivity index (χ3v) is 4.38. The Morgan fingerprint density at radius 2 is 2.12 bits per heavy atom. The third kappa shape index (κ3) is 2.15. The highest BCUT2D eigenvalue weighted by Gasteiger charge is 2.13. The van der Waals surface area contributed by atoms with E-state index in [2.05, 4.69) is 35.7 Å². The van der Waals surface area contributed by atoms with Gasteiger partial charge in [0.15, 0.2) is 0 Å². The summed E-state index contributed by atoms with van der Waals surface area (Å²) < 4.78 is 1.35. The number of thiophene rings is 1. The van der Waals surface area contributed by atoms with Crippen LogP contribution in [0.1, 0.15) is 31.2 Å². The number of benzene rings is 1. The minimum Gasteiger partial charge on any atom is -0.389 e. The highest BCUT2D eigenvalue weighted by atomic mass is 32.1. The maximum Gasteiger partial charge on any atom is 0.0726 e. The van der Waals surface area contributed by atoms with Crippen molar-refractivity contribution in [3.05, 3.63) is 41.3 Å². The molecule has 1 aromatic heterocycles. The van der Waals surface area contributed by atoms with E-state index in [-0.39, 0.29) is 6.10 Å². The van der Waals surface area contributed by atoms with Crippen molar-refractivity contribution in [2.75, 3.05) is 0 Å². The molecule has 0 bridgehead atoms. The lowest BCUT2D eigenvalue weighted by Gasteiger charge is -2.08. The van der Waals surface area contributed by atoms with E-state index >= 15 is 0 Å². The van der Waals surface area contributed by atoms with Crippen LogP contribution in [0.3, 0.4) is 0 Å². The van der Waals surface area contributed by atoms with E-state index in [1.807, 2.05) is 0 Å². The Morgan fingerprint density at radius 1 is 1.18 bits per heavy atom. The van der Waals surface area contributed by atoms with Crippen molar-refractivity contribution in [1.82, 2.24) is 0 Å². The molecule has 1 nitrogen and oxygen atoms in total. The molecule has 0 amide bonds. The fourth-order valence-electron chi connectivity index (χ4n) is 2.54. The first-order valence-electron chi connectivity index (χ1n) is 6.20. The average Bonchev–Trinajstić information content (AvgIpc) is 2.71. The van der Waals surface area contributed by atoms with E-state index in [9.17, 15) is 5.11 Å². The second-order valence-electron chi connectivity index (χ2n) is 4.65. The number of fused-ring (bicyclic) bond motifs is 1. The lowest BCUT2D eigenvalue weighted by Crippen LogP contribution is -2.00. The molecule has 2 heteroatoms. The summed E-state index contributed by atoms with van der Waals surface area (Å²) in [5, 5.41) is 13.3. The highest BCUT2D eigenvalue weighted by molar-refractivity contribution is 7.17. The molecule has 0 saturated carbocycles. The van der Waals surface area contributed by atoms with Gasteiger partial charge in [0.05, 0.1) is 6.10 Å². The Balaban J connectivity index is 2.10. The minimum atomic E-state index is -0.261. The first kappa shape index (κ1) is 11.0. The smallest absolute Gasteiger partial charge is 0.0726 e. The summed E-state index contributed by atoms with van der Waals surface area (Å²) in [6.45, 7) is 0. The van der Waals surface area contributed by atoms with Crippen molar-refractivity contribution in [1.29, 1.82) is 0 Å². The Labute approximate surface area is 105 Å². The Kier molecular flexibility index (Phi) is 3.00. The summed E-state index contributed by atoms with van der Waals surface area (Å²) in [4.78, 5) is 0. The molecule has 17 heavy (non-hydrogen) atoms. The van der Waals surface area contributed by atoms with Crippen LogP contribution >= 0.6 is 11.3 Å². The number of rotatable bonds is 1. The van der Waals surface area contributed by atoms with E-state index in [0.717, 1.165) is 19.3 Å². The molecule has 0 radical (unpaired) electrons. The summed E-state index contributed by atoms with van der Waals surface area (Å²) in [6.07, 6.45) is 6.11. The number of hydrogen-bond donors (Lipinski definition) is 1. The van der Waals surface area contributed by atoms with Crippen LogP contribution in [0.5, 0.6) is 0 Å². The van der Waals surface area contributed by atoms with Gasteiger partial charge in [-0.25, -0.2) is 0 Å². The molecule has 3 rings (SSSR count). The molecule has 1 N–H and O–H groups in total. The molecule has 1 heterocycles. The van der Waals surface area contributed by atoms with Crippen LogP contribution in [0.2, 0.25) is 0 Å². The quantitative estimate of drug-likeness (QED) is 0.796. The second kappa shape index (κ2) is 4.63. The zero-order valence-corrected chi connectivity index (χ0v) is 10.5. The van der Waals surface area contributed by atoms with Gasteiger partial charge in [0, 0.05) is 4.70 Å². The molecule has 1 aliphatic carbocycles. The van der Waals surface area contributed by atoms with Gasteiger partial charge in [-0.05, 0) is 47.2 Å². The van der Waals surface area contributed by atoms with Crippen molar-refractivity contribution in [2.24, 2.45) is 0 Å². The van der Waals surface area contributed by atoms with Crippen molar-refractivity contribution in [3.63, 3.8) is 0 Å². The fraction of sp³-hybridized carbons (Fsp3) is 0.333. The molecule has 0 fully saturated rings. The Morgan fingerprint density at radius 3 is 3.06 bits per heavy atom. The van der Waals surface area contributed by atoms with Crippen LogP contribution in [-0.4, -0.2) is 11.2 Å². The van der Waals surface area contributed by atoms with E-state index in [4.69, 9.17) is 0 Å². The van der Waals surface area contributed by atoms with Gasteiger partial charge in [-0.1, -0.05) is 30.7 Å². The van der Waals surface area contributed by atoms with Crippen LogP contribution in [0.15, 0.2) is 35.7 Å². The zero-order chi connectivity index (χ0) is 11.7. The van der Waals surface area contributed by atoms with Crippen LogP contribution in [0.4, 0.5) is 0 Å². The van der Waals surface area contributed by atoms with Gasteiger partial charge in [-0.15, -0.1) is 11.3 Å². The molecule has 1 aromatic carbocycles. The van der Waals surface area contributed by atoms with Crippen molar-refractivity contribution < 1.29 is 5.11 Å². The summed E-state index contributed by atoms with van der Waals surface area (Å²) >= 11 is 1.79. The molecule has 1 aliphatic rings. The molecule has 1 unspecified atom stereocenters. The van der Waals surface area contributed by atoms with Crippen LogP contribution < -0.4 is 0 Å². The number of allylic oxidation sites excluding steroid dienone is 1. The lowest BCUT2D eigenvalue weighted by atomic mass is 10.00. The van der Waals surface area contributed by atoms with Gasteiger partial charge in [0.2, 0.25) is 0 Å². The Bertz CT molecular complexity index is 553. The fourth-order valence-corrected chi connectivity index (χ4v) is 3.49. The zero-order valence-electron chi connectivity index (χ0n) is 9.73. The first-order valence-corrected chi connectivity index (χ1v) is 7.08. The van der Waals surface area contributed by atoms with Crippen molar-refractivity contribution in [2.45, 2.75) is 31.8 Å². The molecule has 0 saturated heterocycles. The van der Waals surface area contributed by atoms with Crippen LogP contribution in [-0.2, 0) is 0 Å². The number of hydrogen-bond acceptors (Lipinski definition) is 2.